The topological polar surface area (TPSA) is 39.6 Å². The SMILES string of the molecule is Cc1ccc([C@@](C)(O)CN2CCN(c3ccc(Cl)cc3Cl)[C@H](c3ccc(Cl)cc3)C2)cn1. The number of benzene rings is 2. The van der Waals surface area contributed by atoms with Crippen LogP contribution in [0.2, 0.25) is 15.1 Å². The van der Waals surface area contributed by atoms with Crippen molar-refractivity contribution in [2.75, 3.05) is 31.1 Å². The average molecular weight is 491 g/mol. The lowest BCUT2D eigenvalue weighted by molar-refractivity contribution is 0.0100. The molecule has 1 N–H and O–H groups in total. The first-order valence-electron chi connectivity index (χ1n) is 10.6. The van der Waals surface area contributed by atoms with Crippen molar-refractivity contribution in [1.82, 2.24) is 9.88 Å². The molecule has 168 valence electrons. The van der Waals surface area contributed by atoms with E-state index in [0.29, 0.717) is 21.6 Å². The van der Waals surface area contributed by atoms with Crippen LogP contribution in [0.5, 0.6) is 0 Å². The van der Waals surface area contributed by atoms with Gasteiger partial charge in [-0.25, -0.2) is 0 Å². The highest BCUT2D eigenvalue weighted by Crippen LogP contribution is 2.37. The van der Waals surface area contributed by atoms with E-state index in [9.17, 15) is 5.11 Å². The van der Waals surface area contributed by atoms with E-state index < -0.39 is 5.60 Å². The molecule has 0 unspecified atom stereocenters. The summed E-state index contributed by atoms with van der Waals surface area (Å²) in [6.07, 6.45) is 1.76. The quantitative estimate of drug-likeness (QED) is 0.467. The molecule has 0 saturated carbocycles. The fourth-order valence-corrected chi connectivity index (χ4v) is 4.91. The van der Waals surface area contributed by atoms with Gasteiger partial charge in [0.15, 0.2) is 0 Å². The van der Waals surface area contributed by atoms with Gasteiger partial charge < -0.3 is 10.0 Å². The minimum atomic E-state index is -1.01. The van der Waals surface area contributed by atoms with Crippen molar-refractivity contribution in [3.05, 3.63) is 92.7 Å². The van der Waals surface area contributed by atoms with Crippen molar-refractivity contribution in [2.45, 2.75) is 25.5 Å². The number of nitrogens with zero attached hydrogens (tertiary/aromatic N) is 3. The minimum absolute atomic E-state index is 0.0478. The van der Waals surface area contributed by atoms with Gasteiger partial charge in [-0.05, 0) is 55.8 Å². The molecule has 4 rings (SSSR count). The molecule has 0 bridgehead atoms. The number of β-amino-alcohol motifs (C(OH)–C–C–N with tert-alkyl or cyclic N) is 1. The normalized spacial score (nSPS) is 19.1. The van der Waals surface area contributed by atoms with E-state index in [1.165, 1.54) is 0 Å². The predicted octanol–water partition coefficient (Wildman–Crippen LogP) is 6.12. The third-order valence-electron chi connectivity index (χ3n) is 6.00. The van der Waals surface area contributed by atoms with Crippen molar-refractivity contribution >= 4 is 40.5 Å². The summed E-state index contributed by atoms with van der Waals surface area (Å²) in [6, 6.07) is 17.5. The molecule has 7 heteroatoms. The van der Waals surface area contributed by atoms with Crippen LogP contribution in [0, 0.1) is 6.92 Å². The molecule has 2 atom stereocenters. The predicted molar refractivity (Wildman–Crippen MR) is 133 cm³/mol. The van der Waals surface area contributed by atoms with Crippen LogP contribution in [0.25, 0.3) is 0 Å². The number of hydrogen-bond acceptors (Lipinski definition) is 4. The van der Waals surface area contributed by atoms with E-state index in [0.717, 1.165) is 42.1 Å². The summed E-state index contributed by atoms with van der Waals surface area (Å²) in [5.41, 5.74) is 2.83. The van der Waals surface area contributed by atoms with E-state index in [1.807, 2.05) is 50.2 Å². The number of aliphatic hydroxyl groups is 1. The van der Waals surface area contributed by atoms with E-state index in [1.54, 1.807) is 12.3 Å². The molecule has 1 fully saturated rings. The molecular formula is C25H26Cl3N3O. The van der Waals surface area contributed by atoms with E-state index in [2.05, 4.69) is 26.9 Å². The van der Waals surface area contributed by atoms with E-state index in [-0.39, 0.29) is 6.04 Å². The van der Waals surface area contributed by atoms with E-state index >= 15 is 0 Å². The van der Waals surface area contributed by atoms with Gasteiger partial charge in [0.25, 0.3) is 0 Å². The van der Waals surface area contributed by atoms with Crippen LogP contribution in [0.3, 0.4) is 0 Å². The van der Waals surface area contributed by atoms with Crippen LogP contribution in [0.15, 0.2) is 60.8 Å². The van der Waals surface area contributed by atoms with Gasteiger partial charge in [-0.2, -0.15) is 0 Å². The highest BCUT2D eigenvalue weighted by atomic mass is 35.5. The molecule has 2 aromatic carbocycles. The number of halogens is 3. The van der Waals surface area contributed by atoms with Crippen LogP contribution >= 0.6 is 34.8 Å². The van der Waals surface area contributed by atoms with Gasteiger partial charge in [-0.15, -0.1) is 0 Å². The van der Waals surface area contributed by atoms with Crippen molar-refractivity contribution in [3.63, 3.8) is 0 Å². The first-order valence-corrected chi connectivity index (χ1v) is 11.7. The monoisotopic (exact) mass is 489 g/mol. The zero-order valence-electron chi connectivity index (χ0n) is 18.1. The molecule has 1 aliphatic heterocycles. The van der Waals surface area contributed by atoms with Crippen molar-refractivity contribution < 1.29 is 5.11 Å². The lowest BCUT2D eigenvalue weighted by atomic mass is 9.95. The maximum Gasteiger partial charge on any atom is 0.101 e. The number of piperazine rings is 1. The van der Waals surface area contributed by atoms with Gasteiger partial charge in [0.05, 0.1) is 16.8 Å². The summed E-state index contributed by atoms with van der Waals surface area (Å²) in [5, 5.41) is 13.2. The third-order valence-corrected chi connectivity index (χ3v) is 6.79. The summed E-state index contributed by atoms with van der Waals surface area (Å²) < 4.78 is 0. The van der Waals surface area contributed by atoms with Gasteiger partial charge >= 0.3 is 0 Å². The standard InChI is InChI=1S/C25H26Cl3N3O/c1-17-3-6-19(14-29-17)25(2,32)16-30-11-12-31(23-10-9-21(27)13-22(23)28)24(15-30)18-4-7-20(26)8-5-18/h3-10,13-14,24,32H,11-12,15-16H2,1-2H3/t24-,25-/m0/s1. The Morgan fingerprint density at radius 3 is 2.38 bits per heavy atom. The van der Waals surface area contributed by atoms with Gasteiger partial charge in [0.1, 0.15) is 5.60 Å². The van der Waals surface area contributed by atoms with E-state index in [4.69, 9.17) is 34.8 Å². The summed E-state index contributed by atoms with van der Waals surface area (Å²) in [5.74, 6) is 0. The molecule has 2 heterocycles. The Morgan fingerprint density at radius 1 is 1.00 bits per heavy atom. The molecule has 32 heavy (non-hydrogen) atoms. The molecule has 1 aliphatic rings. The number of aryl methyl sites for hydroxylation is 1. The Bertz CT molecular complexity index is 1070. The number of anilines is 1. The van der Waals surface area contributed by atoms with Crippen LogP contribution in [0.1, 0.15) is 29.8 Å². The lowest BCUT2D eigenvalue weighted by Gasteiger charge is -2.45. The maximum absolute atomic E-state index is 11.2. The highest BCUT2D eigenvalue weighted by Gasteiger charge is 2.34. The molecule has 0 radical (unpaired) electrons. The number of rotatable bonds is 5. The molecule has 1 aromatic heterocycles. The van der Waals surface area contributed by atoms with Crippen LogP contribution in [-0.4, -0.2) is 41.2 Å². The van der Waals surface area contributed by atoms with Crippen LogP contribution in [0.4, 0.5) is 5.69 Å². The second kappa shape index (κ2) is 9.58. The van der Waals surface area contributed by atoms with Gasteiger partial charge in [0.2, 0.25) is 0 Å². The fourth-order valence-electron chi connectivity index (χ4n) is 4.27. The second-order valence-corrected chi connectivity index (χ2v) is 9.83. The summed E-state index contributed by atoms with van der Waals surface area (Å²) >= 11 is 18.8. The molecule has 0 spiro atoms. The highest BCUT2D eigenvalue weighted by molar-refractivity contribution is 6.36. The third kappa shape index (κ3) is 5.22. The largest absolute Gasteiger partial charge is 0.384 e. The fraction of sp³-hybridized carbons (Fsp3) is 0.320. The van der Waals surface area contributed by atoms with Crippen LogP contribution in [-0.2, 0) is 5.60 Å². The minimum Gasteiger partial charge on any atom is -0.384 e. The first-order chi connectivity index (χ1) is 15.2. The molecule has 0 amide bonds. The molecule has 3 aromatic rings. The molecule has 4 nitrogen and oxygen atoms in total. The molecular weight excluding hydrogens is 465 g/mol. The summed E-state index contributed by atoms with van der Waals surface area (Å²) in [4.78, 5) is 8.95. The number of pyridine rings is 1. The lowest BCUT2D eigenvalue weighted by Crippen LogP contribution is -2.52. The Labute approximate surface area is 204 Å². The van der Waals surface area contributed by atoms with Crippen molar-refractivity contribution in [2.24, 2.45) is 0 Å². The van der Waals surface area contributed by atoms with Gasteiger partial charge in [-0.1, -0.05) is 53.0 Å². The molecule has 1 saturated heterocycles. The zero-order valence-corrected chi connectivity index (χ0v) is 20.4. The number of aromatic nitrogens is 1. The summed E-state index contributed by atoms with van der Waals surface area (Å²) in [6.45, 7) is 6.57. The Hall–Kier alpha value is -1.82. The van der Waals surface area contributed by atoms with Crippen LogP contribution < -0.4 is 4.90 Å². The number of hydrogen-bond donors (Lipinski definition) is 1. The zero-order chi connectivity index (χ0) is 22.9. The Kier molecular flexibility index (Phi) is 6.99. The Morgan fingerprint density at radius 2 is 1.72 bits per heavy atom. The average Bonchev–Trinajstić information content (AvgIpc) is 2.75. The smallest absolute Gasteiger partial charge is 0.101 e. The van der Waals surface area contributed by atoms with Crippen molar-refractivity contribution in [1.29, 1.82) is 0 Å². The first kappa shape index (κ1) is 23.3. The maximum atomic E-state index is 11.2. The van der Waals surface area contributed by atoms with Crippen molar-refractivity contribution in [3.8, 4) is 0 Å². The Balaban J connectivity index is 1.61. The second-order valence-electron chi connectivity index (χ2n) is 8.55. The van der Waals surface area contributed by atoms with Gasteiger partial charge in [0, 0.05) is 53.7 Å². The van der Waals surface area contributed by atoms with Gasteiger partial charge in [-0.3, -0.25) is 9.88 Å². The summed E-state index contributed by atoms with van der Waals surface area (Å²) in [7, 11) is 0. The molecule has 0 aliphatic carbocycles.